The van der Waals surface area contributed by atoms with E-state index >= 15 is 0 Å². The molecule has 1 atom stereocenters. The van der Waals surface area contributed by atoms with Crippen LogP contribution in [0.2, 0.25) is 0 Å². The maximum absolute atomic E-state index is 3.59. The maximum atomic E-state index is 3.59. The van der Waals surface area contributed by atoms with Crippen molar-refractivity contribution in [2.24, 2.45) is 0 Å². The molecular weight excluding hydrogens is 410 g/mol. The number of halogens is 2. The van der Waals surface area contributed by atoms with E-state index in [2.05, 4.69) is 57.2 Å². The van der Waals surface area contributed by atoms with Crippen molar-refractivity contribution >= 4 is 43.2 Å². The molecule has 1 aromatic rings. The van der Waals surface area contributed by atoms with Crippen molar-refractivity contribution < 1.29 is 0 Å². The molecule has 0 aliphatic carbocycles. The Kier molecular flexibility index (Phi) is 11.3. The third-order valence-electron chi connectivity index (χ3n) is 3.95. The molecule has 1 unspecified atom stereocenters. The second kappa shape index (κ2) is 12.1. The lowest BCUT2D eigenvalue weighted by Crippen LogP contribution is -2.14. The highest BCUT2D eigenvalue weighted by atomic mass is 79.9. The van der Waals surface area contributed by atoms with Crippen molar-refractivity contribution in [2.75, 3.05) is 7.05 Å². The fraction of sp³-hybridized carbons (Fsp3) is 0.765. The van der Waals surface area contributed by atoms with Crippen LogP contribution < -0.4 is 5.32 Å². The summed E-state index contributed by atoms with van der Waals surface area (Å²) in [5, 5.41) is 3.45. The lowest BCUT2D eigenvalue weighted by Gasteiger charge is -2.14. The SMILES string of the molecule is CCCCCCCCCCCC(NC)c1cc(Br)c(Br)s1. The van der Waals surface area contributed by atoms with Crippen molar-refractivity contribution in [3.05, 3.63) is 19.2 Å². The van der Waals surface area contributed by atoms with Crippen LogP contribution in [0.4, 0.5) is 0 Å². The molecule has 1 nitrogen and oxygen atoms in total. The van der Waals surface area contributed by atoms with Gasteiger partial charge in [-0.2, -0.15) is 0 Å². The van der Waals surface area contributed by atoms with E-state index in [-0.39, 0.29) is 0 Å². The van der Waals surface area contributed by atoms with Crippen LogP contribution in [0.25, 0.3) is 0 Å². The minimum absolute atomic E-state index is 0.502. The molecule has 0 aromatic carbocycles. The van der Waals surface area contributed by atoms with Gasteiger partial charge in [-0.1, -0.05) is 64.7 Å². The van der Waals surface area contributed by atoms with Crippen molar-refractivity contribution in [3.63, 3.8) is 0 Å². The Labute approximate surface area is 151 Å². The highest BCUT2D eigenvalue weighted by Crippen LogP contribution is 2.36. The van der Waals surface area contributed by atoms with Gasteiger partial charge < -0.3 is 5.32 Å². The van der Waals surface area contributed by atoms with E-state index in [9.17, 15) is 0 Å². The first-order valence-electron chi connectivity index (χ1n) is 8.31. The first-order valence-corrected chi connectivity index (χ1v) is 10.7. The molecule has 0 saturated heterocycles. The molecule has 0 fully saturated rings. The molecule has 0 amide bonds. The average Bonchev–Trinajstić information content (AvgIpc) is 2.80. The average molecular weight is 439 g/mol. The number of nitrogens with one attached hydrogen (secondary N) is 1. The zero-order valence-corrected chi connectivity index (χ0v) is 17.4. The Morgan fingerprint density at radius 2 is 1.57 bits per heavy atom. The molecule has 122 valence electrons. The Bertz CT molecular complexity index is 359. The molecule has 1 rings (SSSR count). The van der Waals surface area contributed by atoms with Crippen LogP contribution in [0.15, 0.2) is 14.3 Å². The van der Waals surface area contributed by atoms with Gasteiger partial charge in [-0.3, -0.25) is 0 Å². The second-order valence-corrected chi connectivity index (χ2v) is 8.98. The molecule has 0 bridgehead atoms. The van der Waals surface area contributed by atoms with Crippen molar-refractivity contribution in [2.45, 2.75) is 77.2 Å². The number of hydrogen-bond donors (Lipinski definition) is 1. The van der Waals surface area contributed by atoms with E-state index in [0.717, 1.165) is 0 Å². The van der Waals surface area contributed by atoms with Crippen molar-refractivity contribution in [3.8, 4) is 0 Å². The van der Waals surface area contributed by atoms with Gasteiger partial charge in [0.2, 0.25) is 0 Å². The van der Waals surface area contributed by atoms with Gasteiger partial charge >= 0.3 is 0 Å². The van der Waals surface area contributed by atoms with E-state index < -0.39 is 0 Å². The molecule has 1 N–H and O–H groups in total. The number of rotatable bonds is 12. The topological polar surface area (TPSA) is 12.0 Å². The molecule has 4 heteroatoms. The van der Waals surface area contributed by atoms with E-state index in [0.29, 0.717) is 6.04 Å². The Hall–Kier alpha value is 0.620. The van der Waals surface area contributed by atoms with Crippen LogP contribution in [0.3, 0.4) is 0 Å². The van der Waals surface area contributed by atoms with Crippen LogP contribution >= 0.6 is 43.2 Å². The van der Waals surface area contributed by atoms with Gasteiger partial charge in [0.05, 0.1) is 3.79 Å². The van der Waals surface area contributed by atoms with E-state index in [1.807, 2.05) is 11.3 Å². The summed E-state index contributed by atoms with van der Waals surface area (Å²) in [5.74, 6) is 0. The monoisotopic (exact) mass is 437 g/mol. The minimum Gasteiger partial charge on any atom is -0.312 e. The first kappa shape index (κ1) is 19.7. The van der Waals surface area contributed by atoms with E-state index in [1.54, 1.807) is 0 Å². The van der Waals surface area contributed by atoms with Crippen LogP contribution in [-0.2, 0) is 0 Å². The Balaban J connectivity index is 2.10. The summed E-state index contributed by atoms with van der Waals surface area (Å²) in [6.45, 7) is 2.28. The second-order valence-electron chi connectivity index (χ2n) is 5.73. The van der Waals surface area contributed by atoms with Gasteiger partial charge in [-0.25, -0.2) is 0 Å². The van der Waals surface area contributed by atoms with Crippen molar-refractivity contribution in [1.82, 2.24) is 5.32 Å². The maximum Gasteiger partial charge on any atom is 0.0843 e. The van der Waals surface area contributed by atoms with Crippen LogP contribution in [0.1, 0.15) is 82.1 Å². The predicted molar refractivity (Wildman–Crippen MR) is 103 cm³/mol. The Morgan fingerprint density at radius 1 is 1.00 bits per heavy atom. The van der Waals surface area contributed by atoms with Gasteiger partial charge in [0.1, 0.15) is 0 Å². The number of thiophene rings is 1. The molecular formula is C17H29Br2NS. The quantitative estimate of drug-likeness (QED) is 0.334. The lowest BCUT2D eigenvalue weighted by molar-refractivity contribution is 0.498. The molecule has 0 aliphatic rings. The fourth-order valence-electron chi connectivity index (χ4n) is 2.62. The fourth-order valence-corrected chi connectivity index (χ4v) is 4.86. The van der Waals surface area contributed by atoms with E-state index in [1.165, 1.54) is 77.3 Å². The molecule has 0 spiro atoms. The van der Waals surface area contributed by atoms with Crippen LogP contribution in [0.5, 0.6) is 0 Å². The molecule has 21 heavy (non-hydrogen) atoms. The summed E-state index contributed by atoms with van der Waals surface area (Å²) in [6, 6.07) is 2.74. The molecule has 0 saturated carbocycles. The predicted octanol–water partition coefficient (Wildman–Crippen LogP) is 7.45. The standard InChI is InChI=1S/C17H29Br2NS/c1-3-4-5-6-7-8-9-10-11-12-15(20-2)16-13-14(18)17(19)21-16/h13,15,20H,3-12H2,1-2H3. The lowest BCUT2D eigenvalue weighted by atomic mass is 10.0. The third kappa shape index (κ3) is 8.15. The summed E-state index contributed by atoms with van der Waals surface area (Å²) in [6.07, 6.45) is 13.8. The number of unbranched alkanes of at least 4 members (excludes halogenated alkanes) is 8. The van der Waals surface area contributed by atoms with Gasteiger partial charge in [0, 0.05) is 15.4 Å². The molecule has 0 radical (unpaired) electrons. The summed E-state index contributed by atoms with van der Waals surface area (Å²) >= 11 is 9.00. The van der Waals surface area contributed by atoms with E-state index in [4.69, 9.17) is 0 Å². The number of hydrogen-bond acceptors (Lipinski definition) is 2. The first-order chi connectivity index (χ1) is 10.2. The molecule has 0 aliphatic heterocycles. The molecule has 1 heterocycles. The highest BCUT2D eigenvalue weighted by Gasteiger charge is 2.13. The summed E-state index contributed by atoms with van der Waals surface area (Å²) in [7, 11) is 2.07. The Morgan fingerprint density at radius 3 is 2.05 bits per heavy atom. The van der Waals surface area contributed by atoms with Gasteiger partial charge in [0.25, 0.3) is 0 Å². The minimum atomic E-state index is 0.502. The van der Waals surface area contributed by atoms with Crippen molar-refractivity contribution in [1.29, 1.82) is 0 Å². The zero-order chi connectivity index (χ0) is 15.5. The normalized spacial score (nSPS) is 12.8. The van der Waals surface area contributed by atoms with Gasteiger partial charge in [-0.05, 0) is 51.4 Å². The summed E-state index contributed by atoms with van der Waals surface area (Å²) in [5.41, 5.74) is 0. The van der Waals surface area contributed by atoms with Gasteiger partial charge in [0.15, 0.2) is 0 Å². The largest absolute Gasteiger partial charge is 0.312 e. The summed E-state index contributed by atoms with van der Waals surface area (Å²) < 4.78 is 2.37. The molecule has 1 aromatic heterocycles. The summed E-state index contributed by atoms with van der Waals surface area (Å²) in [4.78, 5) is 1.43. The van der Waals surface area contributed by atoms with Crippen LogP contribution in [0, 0.1) is 0 Å². The zero-order valence-electron chi connectivity index (χ0n) is 13.4. The van der Waals surface area contributed by atoms with Crippen LogP contribution in [-0.4, -0.2) is 7.05 Å². The smallest absolute Gasteiger partial charge is 0.0843 e. The van der Waals surface area contributed by atoms with Gasteiger partial charge in [-0.15, -0.1) is 11.3 Å². The highest BCUT2D eigenvalue weighted by molar-refractivity contribution is 9.13. The third-order valence-corrected chi connectivity index (χ3v) is 7.32.